The maximum absolute atomic E-state index is 13.3. The van der Waals surface area contributed by atoms with Gasteiger partial charge in [-0.05, 0) is 50.7 Å². The van der Waals surface area contributed by atoms with Gasteiger partial charge in [0.15, 0.2) is 0 Å². The Morgan fingerprint density at radius 2 is 1.76 bits per heavy atom. The van der Waals surface area contributed by atoms with Crippen LogP contribution >= 0.6 is 0 Å². The molecule has 178 valence electrons. The van der Waals surface area contributed by atoms with Gasteiger partial charge in [0.2, 0.25) is 0 Å². The number of hydrogen-bond donors (Lipinski definition) is 1. The van der Waals surface area contributed by atoms with Crippen molar-refractivity contribution in [3.05, 3.63) is 29.6 Å². The molecule has 0 bridgehead atoms. The lowest BCUT2D eigenvalue weighted by molar-refractivity contribution is -0.137. The molecule has 0 amide bonds. The summed E-state index contributed by atoms with van der Waals surface area (Å²) in [6.07, 6.45) is -0.746. The van der Waals surface area contributed by atoms with E-state index in [1.54, 1.807) is 0 Å². The van der Waals surface area contributed by atoms with Crippen molar-refractivity contribution in [3.8, 4) is 11.3 Å². The Morgan fingerprint density at radius 3 is 2.36 bits per heavy atom. The van der Waals surface area contributed by atoms with Crippen molar-refractivity contribution in [3.63, 3.8) is 0 Å². The van der Waals surface area contributed by atoms with Crippen LogP contribution in [0.15, 0.2) is 18.3 Å². The first-order valence-electron chi connectivity index (χ1n) is 11.9. The van der Waals surface area contributed by atoms with Crippen LogP contribution < -0.4 is 5.73 Å². The van der Waals surface area contributed by atoms with Crippen molar-refractivity contribution < 1.29 is 17.9 Å². The summed E-state index contributed by atoms with van der Waals surface area (Å²) in [5.74, 6) is 2.64. The molecule has 4 aliphatic rings. The first kappa shape index (κ1) is 21.4. The van der Waals surface area contributed by atoms with E-state index in [9.17, 15) is 13.2 Å². The number of nitrogens with zero attached hydrogens (tertiary/aromatic N) is 4. The first-order valence-corrected chi connectivity index (χ1v) is 11.9. The van der Waals surface area contributed by atoms with Crippen molar-refractivity contribution in [2.24, 2.45) is 23.7 Å². The number of aromatic nitrogens is 3. The summed E-state index contributed by atoms with van der Waals surface area (Å²) in [4.78, 5) is 6.48. The van der Waals surface area contributed by atoms with Crippen LogP contribution in [-0.4, -0.2) is 52.0 Å². The number of fused-ring (bicyclic) bond motifs is 2. The van der Waals surface area contributed by atoms with E-state index in [1.165, 1.54) is 32.1 Å². The van der Waals surface area contributed by atoms with E-state index in [4.69, 9.17) is 15.6 Å². The summed E-state index contributed by atoms with van der Waals surface area (Å²) >= 11 is 0. The Kier molecular flexibility index (Phi) is 4.82. The van der Waals surface area contributed by atoms with Gasteiger partial charge in [-0.3, -0.25) is 9.58 Å². The van der Waals surface area contributed by atoms with Gasteiger partial charge in [-0.25, -0.2) is 4.98 Å². The van der Waals surface area contributed by atoms with Crippen LogP contribution in [0.2, 0.25) is 0 Å². The number of pyridine rings is 1. The highest BCUT2D eigenvalue weighted by molar-refractivity contribution is 5.63. The van der Waals surface area contributed by atoms with Crippen molar-refractivity contribution in [1.82, 2.24) is 19.7 Å². The van der Waals surface area contributed by atoms with Gasteiger partial charge in [-0.15, -0.1) is 0 Å². The van der Waals surface area contributed by atoms with Crippen LogP contribution in [0.4, 0.5) is 19.0 Å². The lowest BCUT2D eigenvalue weighted by Gasteiger charge is -2.27. The minimum Gasteiger partial charge on any atom is -0.383 e. The third-order valence-corrected chi connectivity index (χ3v) is 8.32. The number of nitrogens with two attached hydrogens (primary N) is 1. The number of hydrogen-bond acceptors (Lipinski definition) is 5. The number of anilines is 1. The van der Waals surface area contributed by atoms with Gasteiger partial charge >= 0.3 is 6.18 Å². The SMILES string of the molecule is CC(C)n1nc(-c2cnc(N)c(C(F)(F)F)c2)cc1[C@H]1[C@@H]2CC(N3CC4COCC4C3)C[C@@H]21. The van der Waals surface area contributed by atoms with E-state index < -0.39 is 17.6 Å². The van der Waals surface area contributed by atoms with Crippen molar-refractivity contribution in [1.29, 1.82) is 0 Å². The molecule has 2 aromatic rings. The number of rotatable bonds is 4. The molecule has 9 heteroatoms. The zero-order valence-electron chi connectivity index (χ0n) is 18.9. The van der Waals surface area contributed by atoms with Gasteiger partial charge in [0.1, 0.15) is 5.82 Å². The number of alkyl halides is 3. The number of likely N-dealkylation sites (tertiary alicyclic amines) is 1. The molecule has 0 spiro atoms. The van der Waals surface area contributed by atoms with Gasteiger partial charge in [0, 0.05) is 60.4 Å². The molecule has 4 fully saturated rings. The molecule has 0 radical (unpaired) electrons. The quantitative estimate of drug-likeness (QED) is 0.739. The molecule has 2 N–H and O–H groups in total. The molecule has 4 heterocycles. The lowest BCUT2D eigenvalue weighted by atomic mass is 10.0. The zero-order chi connectivity index (χ0) is 23.1. The summed E-state index contributed by atoms with van der Waals surface area (Å²) < 4.78 is 47.6. The predicted molar refractivity (Wildman–Crippen MR) is 117 cm³/mol. The van der Waals surface area contributed by atoms with Gasteiger partial charge in [-0.1, -0.05) is 0 Å². The molecule has 2 aliphatic carbocycles. The molecule has 33 heavy (non-hydrogen) atoms. The summed E-state index contributed by atoms with van der Waals surface area (Å²) in [7, 11) is 0. The monoisotopic (exact) mass is 461 g/mol. The van der Waals surface area contributed by atoms with E-state index in [0.717, 1.165) is 25.0 Å². The molecule has 2 saturated carbocycles. The number of halogens is 3. The lowest BCUT2D eigenvalue weighted by Crippen LogP contribution is -2.34. The molecule has 6 nitrogen and oxygen atoms in total. The minimum absolute atomic E-state index is 0.132. The van der Waals surface area contributed by atoms with Gasteiger partial charge in [0.25, 0.3) is 0 Å². The third-order valence-electron chi connectivity index (χ3n) is 8.32. The van der Waals surface area contributed by atoms with Gasteiger partial charge in [0.05, 0.1) is 24.5 Å². The highest BCUT2D eigenvalue weighted by Crippen LogP contribution is 2.64. The van der Waals surface area contributed by atoms with Gasteiger partial charge in [-0.2, -0.15) is 18.3 Å². The van der Waals surface area contributed by atoms with Crippen LogP contribution in [0, 0.1) is 23.7 Å². The van der Waals surface area contributed by atoms with Crippen molar-refractivity contribution >= 4 is 5.82 Å². The highest BCUT2D eigenvalue weighted by atomic mass is 19.4. The molecule has 6 rings (SSSR count). The Labute approximate surface area is 191 Å². The average Bonchev–Trinajstić information content (AvgIpc) is 3.30. The van der Waals surface area contributed by atoms with E-state index in [1.807, 2.05) is 10.7 Å². The molecule has 3 unspecified atom stereocenters. The second-order valence-corrected chi connectivity index (χ2v) is 10.6. The van der Waals surface area contributed by atoms with Crippen LogP contribution in [0.25, 0.3) is 11.3 Å². The predicted octanol–water partition coefficient (Wildman–Crippen LogP) is 4.20. The molecule has 2 aliphatic heterocycles. The normalized spacial score (nSPS) is 33.6. The van der Waals surface area contributed by atoms with Crippen LogP contribution in [-0.2, 0) is 10.9 Å². The van der Waals surface area contributed by atoms with Crippen LogP contribution in [0.5, 0.6) is 0 Å². The zero-order valence-corrected chi connectivity index (χ0v) is 18.9. The molecular formula is C24H30F3N5O. The van der Waals surface area contributed by atoms with E-state index in [2.05, 4.69) is 23.7 Å². The number of nitrogen functional groups attached to an aromatic ring is 1. The second-order valence-electron chi connectivity index (χ2n) is 10.6. The fourth-order valence-corrected chi connectivity index (χ4v) is 6.63. The first-order chi connectivity index (χ1) is 15.7. The number of ether oxygens (including phenoxy) is 1. The van der Waals surface area contributed by atoms with Gasteiger partial charge < -0.3 is 10.5 Å². The van der Waals surface area contributed by atoms with Crippen molar-refractivity contribution in [2.45, 2.75) is 50.9 Å². The Morgan fingerprint density at radius 1 is 1.09 bits per heavy atom. The van der Waals surface area contributed by atoms with Crippen LogP contribution in [0.1, 0.15) is 49.9 Å². The van der Waals surface area contributed by atoms with Crippen LogP contribution in [0.3, 0.4) is 0 Å². The fourth-order valence-electron chi connectivity index (χ4n) is 6.63. The largest absolute Gasteiger partial charge is 0.419 e. The summed E-state index contributed by atoms with van der Waals surface area (Å²) in [5, 5.41) is 4.70. The summed E-state index contributed by atoms with van der Waals surface area (Å²) in [5.41, 5.74) is 6.60. The van der Waals surface area contributed by atoms with E-state index in [0.29, 0.717) is 46.9 Å². The standard InChI is InChI=1S/C24H30F3N5O/c1-12(2)32-21(6-20(30-32)13-3-19(24(25,26)27)23(28)29-7-13)22-17-4-16(5-18(17)22)31-8-14-10-33-11-15(14)9-31/h3,6-7,12,14-18,22H,4-5,8-11H2,1-2H3,(H2,28,29)/t14?,15?,16?,17-,18+,22+. The fraction of sp³-hybridized carbons (Fsp3) is 0.667. The second kappa shape index (κ2) is 7.43. The topological polar surface area (TPSA) is 69.2 Å². The smallest absolute Gasteiger partial charge is 0.383 e. The van der Waals surface area contributed by atoms with Crippen molar-refractivity contribution in [2.75, 3.05) is 32.0 Å². The Balaban J connectivity index is 1.21. The maximum Gasteiger partial charge on any atom is 0.419 e. The molecule has 0 aromatic carbocycles. The van der Waals surface area contributed by atoms with E-state index >= 15 is 0 Å². The maximum atomic E-state index is 13.3. The van der Waals surface area contributed by atoms with E-state index in [-0.39, 0.29) is 6.04 Å². The summed E-state index contributed by atoms with van der Waals surface area (Å²) in [6.45, 7) is 8.28. The molecule has 6 atom stereocenters. The molecular weight excluding hydrogens is 431 g/mol. The minimum atomic E-state index is -4.54. The third kappa shape index (κ3) is 3.55. The summed E-state index contributed by atoms with van der Waals surface area (Å²) in [6, 6.07) is 3.83. The molecule has 2 aromatic heterocycles. The Hall–Kier alpha value is -2.13. The average molecular weight is 462 g/mol. The Bertz CT molecular complexity index is 1040. The molecule has 2 saturated heterocycles. The highest BCUT2D eigenvalue weighted by Gasteiger charge is 2.59.